The summed E-state index contributed by atoms with van der Waals surface area (Å²) in [4.78, 5) is 0.757. The molecule has 0 aromatic heterocycles. The van der Waals surface area contributed by atoms with Gasteiger partial charge in [0.05, 0.1) is 0 Å². The fraction of sp³-hybridized carbons (Fsp3) is 0.333. The Morgan fingerprint density at radius 1 is 1.14 bits per heavy atom. The van der Waals surface area contributed by atoms with Crippen LogP contribution >= 0.6 is 11.8 Å². The van der Waals surface area contributed by atoms with Gasteiger partial charge in [0.1, 0.15) is 5.82 Å². The van der Waals surface area contributed by atoms with Crippen LogP contribution in [-0.4, -0.2) is 6.04 Å². The zero-order valence-electron chi connectivity index (χ0n) is 12.8. The Balaban J connectivity index is 2.11. The third-order valence-corrected chi connectivity index (χ3v) is 4.44. The van der Waals surface area contributed by atoms with E-state index in [0.29, 0.717) is 12.6 Å². The monoisotopic (exact) mass is 303 g/mol. The van der Waals surface area contributed by atoms with E-state index in [0.717, 1.165) is 16.2 Å². The highest BCUT2D eigenvalue weighted by Gasteiger charge is 2.09. The van der Waals surface area contributed by atoms with Crippen molar-refractivity contribution in [2.45, 2.75) is 44.0 Å². The molecule has 0 aliphatic carbocycles. The summed E-state index contributed by atoms with van der Waals surface area (Å²) in [5.41, 5.74) is 3.50. The van der Waals surface area contributed by atoms with Crippen LogP contribution < -0.4 is 5.32 Å². The normalized spacial score (nSPS) is 11.1. The van der Waals surface area contributed by atoms with E-state index < -0.39 is 0 Å². The molecule has 1 nitrogen and oxygen atoms in total. The Hall–Kier alpha value is -1.32. The molecule has 0 spiro atoms. The van der Waals surface area contributed by atoms with Crippen LogP contribution in [0.5, 0.6) is 0 Å². The van der Waals surface area contributed by atoms with Crippen LogP contribution in [0, 0.1) is 12.7 Å². The molecule has 2 aromatic rings. The standard InChI is InChI=1S/C18H22FNS/c1-13(2)20-11-16-8-5-9-17(19)18(16)21-12-15-7-4-6-14(3)10-15/h4-10,13,20H,11-12H2,1-3H3. The second-order valence-electron chi connectivity index (χ2n) is 5.54. The van der Waals surface area contributed by atoms with Crippen molar-refractivity contribution in [3.8, 4) is 0 Å². The van der Waals surface area contributed by atoms with Crippen LogP contribution in [0.3, 0.4) is 0 Å². The van der Waals surface area contributed by atoms with E-state index in [2.05, 4.69) is 44.3 Å². The second kappa shape index (κ2) is 7.62. The summed E-state index contributed by atoms with van der Waals surface area (Å²) in [5, 5.41) is 3.36. The maximum absolute atomic E-state index is 14.1. The molecule has 0 fully saturated rings. The Morgan fingerprint density at radius 3 is 2.62 bits per heavy atom. The number of hydrogen-bond acceptors (Lipinski definition) is 2. The first-order valence-electron chi connectivity index (χ1n) is 7.25. The molecule has 2 rings (SSSR count). The molecule has 0 aliphatic heterocycles. The fourth-order valence-corrected chi connectivity index (χ4v) is 3.15. The summed E-state index contributed by atoms with van der Waals surface area (Å²) in [6, 6.07) is 14.1. The molecule has 21 heavy (non-hydrogen) atoms. The van der Waals surface area contributed by atoms with Gasteiger partial charge < -0.3 is 5.32 Å². The summed E-state index contributed by atoms with van der Waals surface area (Å²) in [6.45, 7) is 6.97. The van der Waals surface area contributed by atoms with Gasteiger partial charge in [-0.15, -0.1) is 11.8 Å². The maximum atomic E-state index is 14.1. The predicted octanol–water partition coefficient (Wildman–Crippen LogP) is 4.92. The molecule has 0 heterocycles. The molecule has 3 heteroatoms. The van der Waals surface area contributed by atoms with Crippen LogP contribution in [0.15, 0.2) is 47.4 Å². The average Bonchev–Trinajstić information content (AvgIpc) is 2.44. The molecule has 0 amide bonds. The summed E-state index contributed by atoms with van der Waals surface area (Å²) in [5.74, 6) is 0.660. The first-order chi connectivity index (χ1) is 10.1. The average molecular weight is 303 g/mol. The summed E-state index contributed by atoms with van der Waals surface area (Å²) < 4.78 is 14.1. The number of hydrogen-bond donors (Lipinski definition) is 1. The minimum Gasteiger partial charge on any atom is -0.310 e. The first-order valence-corrected chi connectivity index (χ1v) is 8.24. The minimum absolute atomic E-state index is 0.129. The molecule has 0 aliphatic rings. The maximum Gasteiger partial charge on any atom is 0.137 e. The van der Waals surface area contributed by atoms with Crippen LogP contribution in [0.2, 0.25) is 0 Å². The van der Waals surface area contributed by atoms with E-state index in [-0.39, 0.29) is 5.82 Å². The third-order valence-electron chi connectivity index (χ3n) is 3.21. The summed E-state index contributed by atoms with van der Waals surface area (Å²) in [6.07, 6.45) is 0. The number of thioether (sulfide) groups is 1. The largest absolute Gasteiger partial charge is 0.310 e. The van der Waals surface area contributed by atoms with Gasteiger partial charge >= 0.3 is 0 Å². The number of rotatable bonds is 6. The zero-order chi connectivity index (χ0) is 15.2. The highest BCUT2D eigenvalue weighted by atomic mass is 32.2. The van der Waals surface area contributed by atoms with Gasteiger partial charge in [0.2, 0.25) is 0 Å². The Labute approximate surface area is 131 Å². The van der Waals surface area contributed by atoms with Gasteiger partial charge in [0.15, 0.2) is 0 Å². The van der Waals surface area contributed by atoms with E-state index in [1.807, 2.05) is 12.1 Å². The molecule has 0 atom stereocenters. The van der Waals surface area contributed by atoms with Gasteiger partial charge in [-0.1, -0.05) is 55.8 Å². The Morgan fingerprint density at radius 2 is 1.90 bits per heavy atom. The van der Waals surface area contributed by atoms with Crippen molar-refractivity contribution in [2.75, 3.05) is 0 Å². The van der Waals surface area contributed by atoms with Crippen molar-refractivity contribution in [2.24, 2.45) is 0 Å². The minimum atomic E-state index is -0.129. The van der Waals surface area contributed by atoms with E-state index >= 15 is 0 Å². The topological polar surface area (TPSA) is 12.0 Å². The van der Waals surface area contributed by atoms with E-state index in [1.54, 1.807) is 17.8 Å². The quantitative estimate of drug-likeness (QED) is 0.760. The number of benzene rings is 2. The SMILES string of the molecule is Cc1cccc(CSc2c(F)cccc2CNC(C)C)c1. The highest BCUT2D eigenvalue weighted by molar-refractivity contribution is 7.98. The second-order valence-corrected chi connectivity index (χ2v) is 6.53. The molecule has 1 N–H and O–H groups in total. The lowest BCUT2D eigenvalue weighted by Gasteiger charge is -2.13. The Bertz CT molecular complexity index is 596. The van der Waals surface area contributed by atoms with Crippen molar-refractivity contribution in [1.29, 1.82) is 0 Å². The van der Waals surface area contributed by atoms with E-state index in [9.17, 15) is 4.39 Å². The lowest BCUT2D eigenvalue weighted by atomic mass is 10.2. The van der Waals surface area contributed by atoms with Crippen LogP contribution in [0.1, 0.15) is 30.5 Å². The van der Waals surface area contributed by atoms with Crippen molar-refractivity contribution < 1.29 is 4.39 Å². The molecule has 0 radical (unpaired) electrons. The van der Waals surface area contributed by atoms with Crippen molar-refractivity contribution in [3.63, 3.8) is 0 Å². The van der Waals surface area contributed by atoms with Gasteiger partial charge in [0, 0.05) is 23.2 Å². The number of nitrogens with one attached hydrogen (secondary N) is 1. The Kier molecular flexibility index (Phi) is 5.83. The molecular weight excluding hydrogens is 281 g/mol. The van der Waals surface area contributed by atoms with Crippen LogP contribution in [0.4, 0.5) is 4.39 Å². The predicted molar refractivity (Wildman–Crippen MR) is 89.1 cm³/mol. The summed E-state index contributed by atoms with van der Waals surface area (Å²) in [7, 11) is 0. The fourth-order valence-electron chi connectivity index (χ4n) is 2.13. The first kappa shape index (κ1) is 16.1. The number of halogens is 1. The summed E-state index contributed by atoms with van der Waals surface area (Å²) >= 11 is 1.57. The van der Waals surface area contributed by atoms with Gasteiger partial charge in [0.25, 0.3) is 0 Å². The van der Waals surface area contributed by atoms with Crippen LogP contribution in [0.25, 0.3) is 0 Å². The molecule has 0 saturated heterocycles. The molecule has 2 aromatic carbocycles. The molecule has 112 valence electrons. The molecule has 0 bridgehead atoms. The molecule has 0 unspecified atom stereocenters. The third kappa shape index (κ3) is 4.87. The van der Waals surface area contributed by atoms with Crippen molar-refractivity contribution in [3.05, 3.63) is 65.0 Å². The smallest absolute Gasteiger partial charge is 0.137 e. The van der Waals surface area contributed by atoms with Crippen molar-refractivity contribution >= 4 is 11.8 Å². The molecule has 0 saturated carbocycles. The van der Waals surface area contributed by atoms with Crippen LogP contribution in [-0.2, 0) is 12.3 Å². The zero-order valence-corrected chi connectivity index (χ0v) is 13.6. The van der Waals surface area contributed by atoms with E-state index in [4.69, 9.17) is 0 Å². The van der Waals surface area contributed by atoms with Crippen molar-refractivity contribution in [1.82, 2.24) is 5.32 Å². The number of aryl methyl sites for hydroxylation is 1. The lowest BCUT2D eigenvalue weighted by molar-refractivity contribution is 0.564. The lowest BCUT2D eigenvalue weighted by Crippen LogP contribution is -2.22. The van der Waals surface area contributed by atoms with Gasteiger partial charge in [-0.25, -0.2) is 4.39 Å². The van der Waals surface area contributed by atoms with Gasteiger partial charge in [-0.2, -0.15) is 0 Å². The van der Waals surface area contributed by atoms with Gasteiger partial charge in [-0.05, 0) is 24.1 Å². The van der Waals surface area contributed by atoms with Gasteiger partial charge in [-0.3, -0.25) is 0 Å². The highest BCUT2D eigenvalue weighted by Crippen LogP contribution is 2.29. The van der Waals surface area contributed by atoms with E-state index in [1.165, 1.54) is 17.2 Å². The molecular formula is C18H22FNS.